The second-order valence-corrected chi connectivity index (χ2v) is 6.70. The van der Waals surface area contributed by atoms with Crippen LogP contribution in [0.25, 0.3) is 0 Å². The van der Waals surface area contributed by atoms with E-state index in [9.17, 15) is 8.42 Å². The van der Waals surface area contributed by atoms with E-state index in [1.807, 2.05) is 26.8 Å². The minimum atomic E-state index is -3.40. The van der Waals surface area contributed by atoms with Crippen molar-refractivity contribution < 1.29 is 8.42 Å². The van der Waals surface area contributed by atoms with Crippen LogP contribution in [0.3, 0.4) is 0 Å². The van der Waals surface area contributed by atoms with Crippen molar-refractivity contribution in [2.24, 2.45) is 5.73 Å². The zero-order chi connectivity index (χ0) is 14.5. The maximum Gasteiger partial charge on any atom is 0.243 e. The molecule has 0 amide bonds. The van der Waals surface area contributed by atoms with Crippen molar-refractivity contribution in [3.63, 3.8) is 0 Å². The number of hydrogen-bond acceptors (Lipinski definition) is 3. The summed E-state index contributed by atoms with van der Waals surface area (Å²) in [4.78, 5) is 0.337. The average molecular weight is 284 g/mol. The van der Waals surface area contributed by atoms with Crippen molar-refractivity contribution in [1.29, 1.82) is 0 Å². The third kappa shape index (κ3) is 4.03. The molecule has 2 N–H and O–H groups in total. The van der Waals surface area contributed by atoms with Gasteiger partial charge < -0.3 is 5.73 Å². The van der Waals surface area contributed by atoms with Gasteiger partial charge in [0.1, 0.15) is 0 Å². The first-order valence-corrected chi connectivity index (χ1v) is 8.23. The molecule has 0 aromatic heterocycles. The first kappa shape index (κ1) is 16.1. The Morgan fingerprint density at radius 3 is 2.26 bits per heavy atom. The molecule has 0 heterocycles. The van der Waals surface area contributed by atoms with E-state index in [4.69, 9.17) is 5.73 Å². The minimum absolute atomic E-state index is 0.166. The van der Waals surface area contributed by atoms with E-state index in [2.05, 4.69) is 0 Å². The maximum atomic E-state index is 12.6. The number of nitrogens with zero attached hydrogens (tertiary/aromatic N) is 1. The quantitative estimate of drug-likeness (QED) is 0.836. The van der Waals surface area contributed by atoms with Crippen molar-refractivity contribution in [3.05, 3.63) is 29.8 Å². The Balaban J connectivity index is 3.13. The van der Waals surface area contributed by atoms with Crippen molar-refractivity contribution >= 4 is 10.0 Å². The van der Waals surface area contributed by atoms with Crippen molar-refractivity contribution in [2.45, 2.75) is 44.6 Å². The topological polar surface area (TPSA) is 63.4 Å². The third-order valence-corrected chi connectivity index (χ3v) is 4.86. The highest BCUT2D eigenvalue weighted by Gasteiger charge is 2.23. The van der Waals surface area contributed by atoms with Crippen LogP contribution in [0.4, 0.5) is 0 Å². The molecule has 0 spiro atoms. The highest BCUT2D eigenvalue weighted by molar-refractivity contribution is 7.89. The van der Waals surface area contributed by atoms with Gasteiger partial charge in [-0.15, -0.1) is 0 Å². The summed E-state index contributed by atoms with van der Waals surface area (Å²) in [5.74, 6) is 0. The summed E-state index contributed by atoms with van der Waals surface area (Å²) in [5, 5.41) is 0. The minimum Gasteiger partial charge on any atom is -0.324 e. The number of rotatable bonds is 7. The Morgan fingerprint density at radius 2 is 1.79 bits per heavy atom. The van der Waals surface area contributed by atoms with Crippen LogP contribution in [0, 0.1) is 0 Å². The summed E-state index contributed by atoms with van der Waals surface area (Å²) in [6.07, 6.45) is 1.62. The summed E-state index contributed by atoms with van der Waals surface area (Å²) in [6.45, 7) is 6.92. The summed E-state index contributed by atoms with van der Waals surface area (Å²) in [6, 6.07) is 6.76. The van der Waals surface area contributed by atoms with E-state index < -0.39 is 10.0 Å². The number of benzene rings is 1. The van der Waals surface area contributed by atoms with Gasteiger partial charge in [0.25, 0.3) is 0 Å². The molecule has 0 saturated carbocycles. The molecule has 19 heavy (non-hydrogen) atoms. The first-order valence-electron chi connectivity index (χ1n) is 6.79. The predicted octanol–water partition coefficient (Wildman–Crippen LogP) is 2.52. The molecule has 0 aliphatic carbocycles. The summed E-state index contributed by atoms with van der Waals surface area (Å²) < 4.78 is 26.7. The largest absolute Gasteiger partial charge is 0.324 e. The molecule has 1 aromatic carbocycles. The van der Waals surface area contributed by atoms with Gasteiger partial charge in [0.15, 0.2) is 0 Å². The van der Waals surface area contributed by atoms with Gasteiger partial charge in [-0.3, -0.25) is 0 Å². The standard InChI is InChI=1S/C14H24N2O2S/c1-4-9-16(10-5-2)19(17,18)14-8-6-7-13(11-14)12(3)15/h6-8,11-12H,4-5,9-10,15H2,1-3H3. The molecule has 108 valence electrons. The van der Waals surface area contributed by atoms with Gasteiger partial charge in [-0.1, -0.05) is 26.0 Å². The zero-order valence-corrected chi connectivity index (χ0v) is 12.8. The lowest BCUT2D eigenvalue weighted by molar-refractivity contribution is 0.410. The molecular weight excluding hydrogens is 260 g/mol. The molecule has 4 nitrogen and oxygen atoms in total. The third-order valence-electron chi connectivity index (χ3n) is 2.97. The molecular formula is C14H24N2O2S. The molecule has 0 saturated heterocycles. The fourth-order valence-electron chi connectivity index (χ4n) is 1.96. The van der Waals surface area contributed by atoms with Crippen molar-refractivity contribution in [3.8, 4) is 0 Å². The molecule has 1 unspecified atom stereocenters. The van der Waals surface area contributed by atoms with Gasteiger partial charge in [-0.2, -0.15) is 4.31 Å². The Bertz CT molecular complexity index is 492. The number of nitrogens with two attached hydrogens (primary N) is 1. The average Bonchev–Trinajstić information content (AvgIpc) is 2.38. The van der Waals surface area contributed by atoms with Crippen molar-refractivity contribution in [1.82, 2.24) is 4.31 Å². The SMILES string of the molecule is CCCN(CCC)S(=O)(=O)c1cccc(C(C)N)c1. The molecule has 1 rings (SSSR count). The van der Waals surface area contributed by atoms with Crippen LogP contribution < -0.4 is 5.73 Å². The van der Waals surface area contributed by atoms with Gasteiger partial charge in [-0.05, 0) is 37.5 Å². The van der Waals surface area contributed by atoms with Crippen LogP contribution in [0.5, 0.6) is 0 Å². The van der Waals surface area contributed by atoms with Crippen LogP contribution in [-0.4, -0.2) is 25.8 Å². The van der Waals surface area contributed by atoms with Crippen LogP contribution in [-0.2, 0) is 10.0 Å². The normalized spacial score (nSPS) is 13.7. The zero-order valence-electron chi connectivity index (χ0n) is 12.0. The molecule has 0 fully saturated rings. The Hall–Kier alpha value is -0.910. The van der Waals surface area contributed by atoms with E-state index in [-0.39, 0.29) is 6.04 Å². The highest BCUT2D eigenvalue weighted by Crippen LogP contribution is 2.20. The van der Waals surface area contributed by atoms with Gasteiger partial charge in [0.2, 0.25) is 10.0 Å². The Morgan fingerprint density at radius 1 is 1.21 bits per heavy atom. The van der Waals surface area contributed by atoms with E-state index in [1.165, 1.54) is 0 Å². The lowest BCUT2D eigenvalue weighted by Crippen LogP contribution is -2.32. The summed E-state index contributed by atoms with van der Waals surface area (Å²) in [7, 11) is -3.40. The predicted molar refractivity (Wildman–Crippen MR) is 78.4 cm³/mol. The van der Waals surface area contributed by atoms with Crippen LogP contribution >= 0.6 is 0 Å². The lowest BCUT2D eigenvalue weighted by Gasteiger charge is -2.21. The lowest BCUT2D eigenvalue weighted by atomic mass is 10.1. The van der Waals surface area contributed by atoms with E-state index in [0.717, 1.165) is 18.4 Å². The van der Waals surface area contributed by atoms with Gasteiger partial charge >= 0.3 is 0 Å². The summed E-state index contributed by atoms with van der Waals surface area (Å²) >= 11 is 0. The van der Waals surface area contributed by atoms with E-state index in [1.54, 1.807) is 22.5 Å². The molecule has 0 bridgehead atoms. The van der Waals surface area contributed by atoms with Crippen LogP contribution in [0.2, 0.25) is 0 Å². The van der Waals surface area contributed by atoms with Crippen molar-refractivity contribution in [2.75, 3.05) is 13.1 Å². The Labute approximate surface area is 116 Å². The van der Waals surface area contributed by atoms with Gasteiger partial charge in [-0.25, -0.2) is 8.42 Å². The Kier molecular flexibility index (Phi) is 5.97. The van der Waals surface area contributed by atoms with Crippen LogP contribution in [0.1, 0.15) is 45.2 Å². The second kappa shape index (κ2) is 7.03. The maximum absolute atomic E-state index is 12.6. The van der Waals surface area contributed by atoms with Gasteiger partial charge in [0, 0.05) is 19.1 Å². The number of hydrogen-bond donors (Lipinski definition) is 1. The van der Waals surface area contributed by atoms with Gasteiger partial charge in [0.05, 0.1) is 4.90 Å². The fourth-order valence-corrected chi connectivity index (χ4v) is 3.64. The molecule has 5 heteroatoms. The second-order valence-electron chi connectivity index (χ2n) is 4.77. The molecule has 0 aliphatic heterocycles. The van der Waals surface area contributed by atoms with Crippen LogP contribution in [0.15, 0.2) is 29.2 Å². The highest BCUT2D eigenvalue weighted by atomic mass is 32.2. The summed E-state index contributed by atoms with van der Waals surface area (Å²) in [5.41, 5.74) is 6.65. The monoisotopic (exact) mass is 284 g/mol. The number of sulfonamides is 1. The smallest absolute Gasteiger partial charge is 0.243 e. The fraction of sp³-hybridized carbons (Fsp3) is 0.571. The molecule has 0 aliphatic rings. The van der Waals surface area contributed by atoms with E-state index in [0.29, 0.717) is 18.0 Å². The molecule has 1 atom stereocenters. The molecule has 1 aromatic rings. The first-order chi connectivity index (χ1) is 8.93. The molecule has 0 radical (unpaired) electrons. The van der Waals surface area contributed by atoms with E-state index >= 15 is 0 Å².